The van der Waals surface area contributed by atoms with Crippen LogP contribution in [0.5, 0.6) is 0 Å². The maximum Gasteiger partial charge on any atom is 0.270 e. The Kier molecular flexibility index (Phi) is 2.47. The van der Waals surface area contributed by atoms with Crippen molar-refractivity contribution in [3.63, 3.8) is 0 Å². The van der Waals surface area contributed by atoms with E-state index in [1.165, 1.54) is 4.80 Å². The van der Waals surface area contributed by atoms with Crippen LogP contribution in [0.2, 0.25) is 0 Å². The van der Waals surface area contributed by atoms with Crippen LogP contribution in [-0.4, -0.2) is 20.8 Å². The molecule has 0 amide bonds. The molecule has 0 saturated carbocycles. The summed E-state index contributed by atoms with van der Waals surface area (Å²) in [5.74, 6) is 0. The highest BCUT2D eigenvalue weighted by molar-refractivity contribution is 5.99. The van der Waals surface area contributed by atoms with Gasteiger partial charge in [-0.05, 0) is 29.8 Å². The SMILES string of the molecule is [O-][n+]1c2c(nn1-c1ccccc1)C(=NO)CCC2. The fourth-order valence-electron chi connectivity index (χ4n) is 2.20. The van der Waals surface area contributed by atoms with Crippen molar-refractivity contribution in [1.82, 2.24) is 9.90 Å². The zero-order valence-corrected chi connectivity index (χ0v) is 9.65. The van der Waals surface area contributed by atoms with E-state index in [0.29, 0.717) is 35.6 Å². The van der Waals surface area contributed by atoms with Crippen LogP contribution in [0, 0.1) is 5.21 Å². The summed E-state index contributed by atoms with van der Waals surface area (Å²) in [5.41, 5.74) is 2.25. The maximum atomic E-state index is 12.2. The van der Waals surface area contributed by atoms with Gasteiger partial charge in [0.2, 0.25) is 0 Å². The third kappa shape index (κ3) is 1.54. The standard InChI is InChI=1S/C12H12N4O2/c17-14-10-7-4-8-11-12(10)13-15(16(11)18)9-5-2-1-3-6-9/h1-3,5-6,17H,4,7-8H2. The summed E-state index contributed by atoms with van der Waals surface area (Å²) < 4.78 is 0. The van der Waals surface area contributed by atoms with Crippen molar-refractivity contribution in [3.05, 3.63) is 46.9 Å². The number of oxime groups is 1. The Morgan fingerprint density at radius 3 is 2.78 bits per heavy atom. The highest BCUT2D eigenvalue weighted by Gasteiger charge is 2.31. The van der Waals surface area contributed by atoms with Gasteiger partial charge in [0, 0.05) is 6.42 Å². The molecule has 92 valence electrons. The number of benzene rings is 1. The van der Waals surface area contributed by atoms with Crippen molar-refractivity contribution in [2.45, 2.75) is 19.3 Å². The number of para-hydroxylation sites is 1. The van der Waals surface area contributed by atoms with Crippen molar-refractivity contribution in [1.29, 1.82) is 0 Å². The van der Waals surface area contributed by atoms with E-state index in [1.54, 1.807) is 0 Å². The third-order valence-electron chi connectivity index (χ3n) is 3.08. The van der Waals surface area contributed by atoms with Gasteiger partial charge in [-0.2, -0.15) is 0 Å². The fraction of sp³-hybridized carbons (Fsp3) is 0.250. The lowest BCUT2D eigenvalue weighted by Crippen LogP contribution is -2.40. The van der Waals surface area contributed by atoms with E-state index in [4.69, 9.17) is 5.21 Å². The minimum atomic E-state index is 0.482. The molecule has 1 aromatic heterocycles. The molecule has 0 bridgehead atoms. The van der Waals surface area contributed by atoms with Crippen LogP contribution in [0.1, 0.15) is 24.2 Å². The highest BCUT2D eigenvalue weighted by atomic mass is 16.5. The molecule has 6 heteroatoms. The molecule has 1 aliphatic rings. The highest BCUT2D eigenvalue weighted by Crippen LogP contribution is 2.18. The quantitative estimate of drug-likeness (QED) is 0.352. The first-order chi connectivity index (χ1) is 8.81. The average molecular weight is 244 g/mol. The van der Waals surface area contributed by atoms with E-state index in [1.807, 2.05) is 30.3 Å². The Morgan fingerprint density at radius 1 is 1.28 bits per heavy atom. The summed E-state index contributed by atoms with van der Waals surface area (Å²) in [4.78, 5) is 2.07. The van der Waals surface area contributed by atoms with Gasteiger partial charge < -0.3 is 10.4 Å². The Hall–Kier alpha value is -2.37. The monoisotopic (exact) mass is 244 g/mol. The zero-order chi connectivity index (χ0) is 12.5. The first-order valence-electron chi connectivity index (χ1n) is 5.79. The predicted molar refractivity (Wildman–Crippen MR) is 63.8 cm³/mol. The normalized spacial score (nSPS) is 16.8. The van der Waals surface area contributed by atoms with Gasteiger partial charge in [-0.25, -0.2) is 0 Å². The van der Waals surface area contributed by atoms with E-state index in [9.17, 15) is 5.21 Å². The second-order valence-corrected chi connectivity index (χ2v) is 4.19. The number of hydrogen-bond acceptors (Lipinski definition) is 4. The summed E-state index contributed by atoms with van der Waals surface area (Å²) in [5, 5.41) is 28.6. The summed E-state index contributed by atoms with van der Waals surface area (Å²) in [7, 11) is 0. The number of aromatic nitrogens is 3. The van der Waals surface area contributed by atoms with Gasteiger partial charge in [-0.15, -0.1) is 4.85 Å². The molecular weight excluding hydrogens is 232 g/mol. The Labute approximate surface area is 103 Å². The average Bonchev–Trinajstić information content (AvgIpc) is 2.77. The maximum absolute atomic E-state index is 12.2. The summed E-state index contributed by atoms with van der Waals surface area (Å²) in [6.07, 6.45) is 2.11. The van der Waals surface area contributed by atoms with Crippen molar-refractivity contribution < 1.29 is 10.1 Å². The Balaban J connectivity index is 2.17. The molecule has 0 saturated heterocycles. The molecule has 6 nitrogen and oxygen atoms in total. The Bertz CT molecular complexity index is 604. The van der Waals surface area contributed by atoms with Crippen molar-refractivity contribution in [2.24, 2.45) is 5.16 Å². The zero-order valence-electron chi connectivity index (χ0n) is 9.65. The minimum Gasteiger partial charge on any atom is -0.692 e. The lowest BCUT2D eigenvalue weighted by molar-refractivity contribution is -0.695. The van der Waals surface area contributed by atoms with Crippen LogP contribution < -0.4 is 4.85 Å². The largest absolute Gasteiger partial charge is 0.692 e. The second kappa shape index (κ2) is 4.14. The number of fused-ring (bicyclic) bond motifs is 1. The number of rotatable bonds is 1. The topological polar surface area (TPSA) is 77.3 Å². The molecule has 0 atom stereocenters. The number of hydrogen-bond donors (Lipinski definition) is 1. The van der Waals surface area contributed by atoms with Crippen LogP contribution >= 0.6 is 0 Å². The van der Waals surface area contributed by atoms with Crippen molar-refractivity contribution in [3.8, 4) is 5.69 Å². The van der Waals surface area contributed by atoms with Crippen LogP contribution in [0.3, 0.4) is 0 Å². The molecule has 0 unspecified atom stereocenters. The van der Waals surface area contributed by atoms with E-state index < -0.39 is 0 Å². The van der Waals surface area contributed by atoms with E-state index >= 15 is 0 Å². The molecule has 0 spiro atoms. The predicted octanol–water partition coefficient (Wildman–Crippen LogP) is 1.02. The van der Waals surface area contributed by atoms with Gasteiger partial charge in [0.15, 0.2) is 5.69 Å². The van der Waals surface area contributed by atoms with Crippen LogP contribution in [-0.2, 0) is 6.42 Å². The molecule has 2 aromatic rings. The molecule has 1 N–H and O–H groups in total. The molecule has 1 aliphatic carbocycles. The molecular formula is C12H12N4O2. The van der Waals surface area contributed by atoms with Crippen molar-refractivity contribution >= 4 is 5.71 Å². The second-order valence-electron chi connectivity index (χ2n) is 4.19. The number of nitrogens with zero attached hydrogens (tertiary/aromatic N) is 4. The van der Waals surface area contributed by atoms with Gasteiger partial charge in [0.25, 0.3) is 5.69 Å². The summed E-state index contributed by atoms with van der Waals surface area (Å²) in [6.45, 7) is 0. The third-order valence-corrected chi connectivity index (χ3v) is 3.08. The molecule has 1 aromatic carbocycles. The van der Waals surface area contributed by atoms with Gasteiger partial charge in [0.05, 0.1) is 5.10 Å². The van der Waals surface area contributed by atoms with E-state index in [2.05, 4.69) is 10.3 Å². The van der Waals surface area contributed by atoms with E-state index in [0.717, 1.165) is 11.3 Å². The molecule has 18 heavy (non-hydrogen) atoms. The first-order valence-corrected chi connectivity index (χ1v) is 5.79. The molecule has 0 aliphatic heterocycles. The van der Waals surface area contributed by atoms with Gasteiger partial charge in [-0.3, -0.25) is 0 Å². The van der Waals surface area contributed by atoms with Gasteiger partial charge in [0.1, 0.15) is 11.4 Å². The van der Waals surface area contributed by atoms with Gasteiger partial charge in [-0.1, -0.05) is 23.4 Å². The smallest absolute Gasteiger partial charge is 0.270 e. The molecule has 3 rings (SSSR count). The lowest BCUT2D eigenvalue weighted by atomic mass is 9.99. The van der Waals surface area contributed by atoms with Crippen LogP contribution in [0.15, 0.2) is 35.5 Å². The first kappa shape index (κ1) is 10.8. The summed E-state index contributed by atoms with van der Waals surface area (Å²) >= 11 is 0. The van der Waals surface area contributed by atoms with E-state index in [-0.39, 0.29) is 0 Å². The van der Waals surface area contributed by atoms with Crippen LogP contribution in [0.4, 0.5) is 0 Å². The van der Waals surface area contributed by atoms with Crippen molar-refractivity contribution in [2.75, 3.05) is 0 Å². The molecule has 1 heterocycles. The fourth-order valence-corrected chi connectivity index (χ4v) is 2.20. The Morgan fingerprint density at radius 2 is 2.06 bits per heavy atom. The molecule has 0 fully saturated rings. The minimum absolute atomic E-state index is 0.482. The van der Waals surface area contributed by atoms with Gasteiger partial charge >= 0.3 is 0 Å². The van der Waals surface area contributed by atoms with Crippen LogP contribution in [0.25, 0.3) is 5.69 Å². The lowest BCUT2D eigenvalue weighted by Gasteiger charge is -2.09. The summed E-state index contributed by atoms with van der Waals surface area (Å²) in [6, 6.07) is 9.18. The molecule has 0 radical (unpaired) electrons.